The maximum atomic E-state index is 6.16. The van der Waals surface area contributed by atoms with Crippen LogP contribution in [0.5, 0.6) is 5.75 Å². The number of aryl methyl sites for hydroxylation is 1. The Bertz CT molecular complexity index is 1810. The van der Waals surface area contributed by atoms with E-state index in [0.717, 1.165) is 36.3 Å². The molecule has 45 heavy (non-hydrogen) atoms. The standard InChI is InChI=1S/C37H37N7O/c38-22-23-40-35-34-36(43-37(39)42-35)44(26-41-34)24-10-11-25-45-31-20-18-30(19-21-31)33(29-16-8-3-9-17-29)32(27-12-4-1-5-13-27)28-14-6-2-7-15-28/h1-9,12-21,26H,10-11,22-25,38H2,(H3,39,40,42,43). The van der Waals surface area contributed by atoms with Crippen LogP contribution in [0.25, 0.3) is 22.3 Å². The summed E-state index contributed by atoms with van der Waals surface area (Å²) in [5, 5.41) is 3.17. The molecule has 0 amide bonds. The molecule has 0 bridgehead atoms. The van der Waals surface area contributed by atoms with E-state index in [9.17, 15) is 0 Å². The number of fused-ring (bicyclic) bond motifs is 1. The predicted octanol–water partition coefficient (Wildman–Crippen LogP) is 6.65. The molecule has 6 rings (SSSR count). The fourth-order valence-electron chi connectivity index (χ4n) is 5.46. The first-order valence-electron chi connectivity index (χ1n) is 15.3. The van der Waals surface area contributed by atoms with Crippen LogP contribution in [0.4, 0.5) is 11.8 Å². The van der Waals surface area contributed by atoms with Crippen molar-refractivity contribution in [3.63, 3.8) is 0 Å². The Morgan fingerprint density at radius 1 is 0.689 bits per heavy atom. The van der Waals surface area contributed by atoms with Gasteiger partial charge in [0.1, 0.15) is 5.75 Å². The number of benzene rings is 4. The lowest BCUT2D eigenvalue weighted by Crippen LogP contribution is -2.15. The highest BCUT2D eigenvalue weighted by atomic mass is 16.5. The molecule has 0 unspecified atom stereocenters. The predicted molar refractivity (Wildman–Crippen MR) is 183 cm³/mol. The summed E-state index contributed by atoms with van der Waals surface area (Å²) >= 11 is 0. The summed E-state index contributed by atoms with van der Waals surface area (Å²) < 4.78 is 8.16. The van der Waals surface area contributed by atoms with Crippen molar-refractivity contribution in [3.8, 4) is 5.75 Å². The largest absolute Gasteiger partial charge is 0.494 e. The second-order valence-electron chi connectivity index (χ2n) is 10.7. The van der Waals surface area contributed by atoms with E-state index in [2.05, 4.69) is 136 Å². The molecule has 0 saturated heterocycles. The number of ether oxygens (including phenoxy) is 1. The molecule has 0 aliphatic carbocycles. The van der Waals surface area contributed by atoms with Crippen molar-refractivity contribution in [2.45, 2.75) is 19.4 Å². The maximum Gasteiger partial charge on any atom is 0.224 e. The average Bonchev–Trinajstić information content (AvgIpc) is 3.50. The van der Waals surface area contributed by atoms with E-state index in [1.807, 2.05) is 4.57 Å². The Morgan fingerprint density at radius 2 is 1.24 bits per heavy atom. The van der Waals surface area contributed by atoms with Crippen molar-refractivity contribution in [2.24, 2.45) is 5.73 Å². The van der Waals surface area contributed by atoms with Gasteiger partial charge in [0.05, 0.1) is 12.9 Å². The van der Waals surface area contributed by atoms with Crippen LogP contribution in [-0.2, 0) is 6.54 Å². The number of hydrogen-bond donors (Lipinski definition) is 3. The fraction of sp³-hybridized carbons (Fsp3) is 0.162. The van der Waals surface area contributed by atoms with Crippen LogP contribution in [0.1, 0.15) is 35.1 Å². The Balaban J connectivity index is 1.17. The molecule has 0 aliphatic rings. The lowest BCUT2D eigenvalue weighted by atomic mass is 9.86. The molecule has 5 N–H and O–H groups in total. The van der Waals surface area contributed by atoms with Gasteiger partial charge in [-0.25, -0.2) is 4.98 Å². The van der Waals surface area contributed by atoms with Crippen LogP contribution in [0.15, 0.2) is 122 Å². The van der Waals surface area contributed by atoms with E-state index in [1.165, 1.54) is 22.3 Å². The van der Waals surface area contributed by atoms with Crippen molar-refractivity contribution in [1.82, 2.24) is 19.5 Å². The van der Waals surface area contributed by atoms with Gasteiger partial charge in [-0.2, -0.15) is 9.97 Å². The molecule has 8 nitrogen and oxygen atoms in total. The van der Waals surface area contributed by atoms with Crippen LogP contribution in [0.2, 0.25) is 0 Å². The second-order valence-corrected chi connectivity index (χ2v) is 10.7. The van der Waals surface area contributed by atoms with Crippen molar-refractivity contribution in [2.75, 3.05) is 30.7 Å². The molecule has 2 aromatic heterocycles. The zero-order valence-corrected chi connectivity index (χ0v) is 25.1. The van der Waals surface area contributed by atoms with E-state index in [1.54, 1.807) is 6.33 Å². The normalized spacial score (nSPS) is 11.0. The molecule has 6 aromatic rings. The summed E-state index contributed by atoms with van der Waals surface area (Å²) in [5.41, 5.74) is 20.0. The van der Waals surface area contributed by atoms with Gasteiger partial charge < -0.3 is 26.1 Å². The van der Waals surface area contributed by atoms with Crippen molar-refractivity contribution >= 4 is 34.1 Å². The zero-order valence-electron chi connectivity index (χ0n) is 25.1. The van der Waals surface area contributed by atoms with Crippen molar-refractivity contribution < 1.29 is 4.74 Å². The van der Waals surface area contributed by atoms with Crippen molar-refractivity contribution in [1.29, 1.82) is 0 Å². The fourth-order valence-corrected chi connectivity index (χ4v) is 5.46. The zero-order chi connectivity index (χ0) is 30.8. The third-order valence-corrected chi connectivity index (χ3v) is 7.56. The first-order valence-corrected chi connectivity index (χ1v) is 15.3. The highest BCUT2D eigenvalue weighted by Gasteiger charge is 2.16. The van der Waals surface area contributed by atoms with Gasteiger partial charge in [-0.1, -0.05) is 103 Å². The topological polar surface area (TPSA) is 117 Å². The number of nitrogen functional groups attached to an aromatic ring is 1. The average molecular weight is 596 g/mol. The second kappa shape index (κ2) is 14.3. The Hall–Kier alpha value is -5.47. The van der Waals surface area contributed by atoms with E-state index >= 15 is 0 Å². The first kappa shape index (κ1) is 29.6. The van der Waals surface area contributed by atoms with Gasteiger partial charge in [0.25, 0.3) is 0 Å². The Kier molecular flexibility index (Phi) is 9.43. The Morgan fingerprint density at radius 3 is 1.80 bits per heavy atom. The van der Waals surface area contributed by atoms with E-state index in [4.69, 9.17) is 16.2 Å². The number of nitrogens with one attached hydrogen (secondary N) is 1. The minimum absolute atomic E-state index is 0.209. The minimum atomic E-state index is 0.209. The molecule has 0 aliphatic heterocycles. The Labute approximate surface area is 263 Å². The van der Waals surface area contributed by atoms with Gasteiger partial charge in [0.2, 0.25) is 5.95 Å². The molecular formula is C37H37N7O. The lowest BCUT2D eigenvalue weighted by molar-refractivity contribution is 0.303. The molecule has 0 spiro atoms. The first-order chi connectivity index (χ1) is 22.2. The summed E-state index contributed by atoms with van der Waals surface area (Å²) in [6.45, 7) is 2.43. The smallest absolute Gasteiger partial charge is 0.224 e. The third kappa shape index (κ3) is 7.03. The number of anilines is 2. The van der Waals surface area contributed by atoms with Crippen molar-refractivity contribution in [3.05, 3.63) is 144 Å². The molecule has 4 aromatic carbocycles. The van der Waals surface area contributed by atoms with E-state index in [0.29, 0.717) is 36.7 Å². The summed E-state index contributed by atoms with van der Waals surface area (Å²) in [4.78, 5) is 13.2. The van der Waals surface area contributed by atoms with Gasteiger partial charge in [-0.3, -0.25) is 0 Å². The molecule has 8 heteroatoms. The van der Waals surface area contributed by atoms with Crippen LogP contribution >= 0.6 is 0 Å². The number of aromatic nitrogens is 4. The SMILES string of the molecule is NCCNc1nc(N)nc2c1ncn2CCCCOc1ccc(C(=C(c2ccccc2)c2ccccc2)c2ccccc2)cc1. The van der Waals surface area contributed by atoms with Crippen LogP contribution < -0.4 is 21.5 Å². The summed E-state index contributed by atoms with van der Waals surface area (Å²) in [6.07, 6.45) is 3.56. The van der Waals surface area contributed by atoms with E-state index < -0.39 is 0 Å². The quantitative estimate of drug-likeness (QED) is 0.101. The maximum absolute atomic E-state index is 6.16. The highest BCUT2D eigenvalue weighted by molar-refractivity contribution is 6.04. The summed E-state index contributed by atoms with van der Waals surface area (Å²) in [6, 6.07) is 40.2. The molecule has 226 valence electrons. The minimum Gasteiger partial charge on any atom is -0.494 e. The highest BCUT2D eigenvalue weighted by Crippen LogP contribution is 2.37. The summed E-state index contributed by atoms with van der Waals surface area (Å²) in [7, 11) is 0. The van der Waals surface area contributed by atoms with Crippen LogP contribution in [0.3, 0.4) is 0 Å². The number of hydrogen-bond acceptors (Lipinski definition) is 7. The summed E-state index contributed by atoms with van der Waals surface area (Å²) in [5.74, 6) is 1.66. The molecule has 0 fully saturated rings. The number of imidazole rings is 1. The molecule has 0 atom stereocenters. The van der Waals surface area contributed by atoms with Gasteiger partial charge in [0.15, 0.2) is 17.0 Å². The number of rotatable bonds is 13. The number of unbranched alkanes of at least 4 members (excludes halogenated alkanes) is 1. The molecule has 0 saturated carbocycles. The van der Waals surface area contributed by atoms with E-state index in [-0.39, 0.29) is 5.95 Å². The monoisotopic (exact) mass is 595 g/mol. The van der Waals surface area contributed by atoms with Gasteiger partial charge in [0, 0.05) is 19.6 Å². The number of nitrogens with two attached hydrogens (primary N) is 2. The molecule has 0 radical (unpaired) electrons. The third-order valence-electron chi connectivity index (χ3n) is 7.56. The molecular weight excluding hydrogens is 558 g/mol. The van der Waals surface area contributed by atoms with Gasteiger partial charge in [-0.05, 0) is 58.4 Å². The van der Waals surface area contributed by atoms with Crippen LogP contribution in [0, 0.1) is 0 Å². The van der Waals surface area contributed by atoms with Gasteiger partial charge >= 0.3 is 0 Å². The van der Waals surface area contributed by atoms with Crippen LogP contribution in [-0.4, -0.2) is 39.2 Å². The van der Waals surface area contributed by atoms with Gasteiger partial charge in [-0.15, -0.1) is 0 Å². The number of nitrogens with zero attached hydrogens (tertiary/aromatic N) is 4. The molecule has 2 heterocycles. The lowest BCUT2D eigenvalue weighted by Gasteiger charge is -2.18.